The first kappa shape index (κ1) is 25.2. The summed E-state index contributed by atoms with van der Waals surface area (Å²) in [5.41, 5.74) is 1.35. The smallest absolute Gasteiger partial charge is 0.306 e. The maximum atomic E-state index is 11.3. The van der Waals surface area contributed by atoms with Crippen molar-refractivity contribution in [3.63, 3.8) is 0 Å². The van der Waals surface area contributed by atoms with Gasteiger partial charge in [0.25, 0.3) is 0 Å². The van der Waals surface area contributed by atoms with Crippen LogP contribution < -0.4 is 0 Å². The quantitative estimate of drug-likeness (QED) is 0.206. The second-order valence-electron chi connectivity index (χ2n) is 8.84. The van der Waals surface area contributed by atoms with Crippen molar-refractivity contribution in [2.24, 2.45) is 17.8 Å². The van der Waals surface area contributed by atoms with Gasteiger partial charge < -0.3 is 4.74 Å². The van der Waals surface area contributed by atoms with E-state index in [9.17, 15) is 4.79 Å². The average Bonchev–Trinajstić information content (AvgIpc) is 2.54. The van der Waals surface area contributed by atoms with Crippen molar-refractivity contribution in [1.29, 1.82) is 0 Å². The van der Waals surface area contributed by atoms with E-state index < -0.39 is 0 Å². The SMILES string of the molecule is CCCC(=O)OCC=C(C)CCCC(C)CCCC(C)CCCC(C)C. The number of carbonyl (C=O) groups is 1. The molecule has 0 aromatic heterocycles. The normalized spacial score (nSPS) is 14.5. The van der Waals surface area contributed by atoms with Gasteiger partial charge >= 0.3 is 5.97 Å². The van der Waals surface area contributed by atoms with E-state index in [-0.39, 0.29) is 5.97 Å². The lowest BCUT2D eigenvalue weighted by Gasteiger charge is -2.15. The van der Waals surface area contributed by atoms with Crippen LogP contribution in [0.4, 0.5) is 0 Å². The van der Waals surface area contributed by atoms with Gasteiger partial charge in [-0.25, -0.2) is 0 Å². The standard InChI is InChI=1S/C24H46O2/c1-7-11-24(25)26-19-18-23(6)17-10-16-22(5)15-9-14-21(4)13-8-12-20(2)3/h18,20-22H,7-17,19H2,1-6H3. The van der Waals surface area contributed by atoms with Gasteiger partial charge in [0, 0.05) is 6.42 Å². The Balaban J connectivity index is 3.66. The minimum atomic E-state index is -0.0800. The van der Waals surface area contributed by atoms with Crippen molar-refractivity contribution < 1.29 is 9.53 Å². The van der Waals surface area contributed by atoms with Gasteiger partial charge in [-0.2, -0.15) is 0 Å². The molecule has 0 N–H and O–H groups in total. The summed E-state index contributed by atoms with van der Waals surface area (Å²) in [7, 11) is 0. The molecule has 0 fully saturated rings. The van der Waals surface area contributed by atoms with Crippen LogP contribution in [0.15, 0.2) is 11.6 Å². The van der Waals surface area contributed by atoms with Crippen LogP contribution in [-0.2, 0) is 9.53 Å². The van der Waals surface area contributed by atoms with E-state index in [1.54, 1.807) is 0 Å². The van der Waals surface area contributed by atoms with Crippen molar-refractivity contribution in [2.45, 2.75) is 112 Å². The van der Waals surface area contributed by atoms with E-state index in [0.29, 0.717) is 13.0 Å². The third-order valence-corrected chi connectivity index (χ3v) is 5.27. The third kappa shape index (κ3) is 16.7. The van der Waals surface area contributed by atoms with Crippen LogP contribution in [0.3, 0.4) is 0 Å². The first-order chi connectivity index (χ1) is 12.3. The number of esters is 1. The van der Waals surface area contributed by atoms with Crippen LogP contribution in [0, 0.1) is 17.8 Å². The van der Waals surface area contributed by atoms with Gasteiger partial charge in [-0.15, -0.1) is 0 Å². The average molecular weight is 367 g/mol. The largest absolute Gasteiger partial charge is 0.461 e. The molecule has 0 aliphatic rings. The fourth-order valence-electron chi connectivity index (χ4n) is 3.36. The van der Waals surface area contributed by atoms with Gasteiger partial charge in [-0.3, -0.25) is 4.79 Å². The third-order valence-electron chi connectivity index (χ3n) is 5.27. The van der Waals surface area contributed by atoms with Crippen LogP contribution in [0.2, 0.25) is 0 Å². The number of allylic oxidation sites excluding steroid dienone is 1. The van der Waals surface area contributed by atoms with Crippen LogP contribution in [0.5, 0.6) is 0 Å². The Kier molecular flexibility index (Phi) is 15.9. The molecule has 0 heterocycles. The molecule has 26 heavy (non-hydrogen) atoms. The Morgan fingerprint density at radius 1 is 0.846 bits per heavy atom. The molecule has 2 atom stereocenters. The molecule has 0 amide bonds. The lowest BCUT2D eigenvalue weighted by Crippen LogP contribution is -2.03. The summed E-state index contributed by atoms with van der Waals surface area (Å²) in [6, 6.07) is 0. The maximum absolute atomic E-state index is 11.3. The zero-order valence-electron chi connectivity index (χ0n) is 18.6. The summed E-state index contributed by atoms with van der Waals surface area (Å²) in [5.74, 6) is 2.49. The minimum Gasteiger partial charge on any atom is -0.461 e. The summed E-state index contributed by atoms with van der Waals surface area (Å²) in [5, 5.41) is 0. The molecule has 0 bridgehead atoms. The Hall–Kier alpha value is -0.790. The number of hydrogen-bond acceptors (Lipinski definition) is 2. The highest BCUT2D eigenvalue weighted by Gasteiger charge is 2.07. The molecular formula is C24H46O2. The van der Waals surface area contributed by atoms with Crippen molar-refractivity contribution >= 4 is 5.97 Å². The molecule has 0 aromatic rings. The monoisotopic (exact) mass is 366 g/mol. The molecule has 2 heteroatoms. The van der Waals surface area contributed by atoms with Gasteiger partial charge in [-0.05, 0) is 50.0 Å². The molecule has 0 rings (SSSR count). The van der Waals surface area contributed by atoms with Crippen LogP contribution in [0.25, 0.3) is 0 Å². The molecule has 0 radical (unpaired) electrons. The Bertz CT molecular complexity index is 370. The predicted molar refractivity (Wildman–Crippen MR) is 114 cm³/mol. The molecule has 0 aliphatic carbocycles. The highest BCUT2D eigenvalue weighted by molar-refractivity contribution is 5.69. The minimum absolute atomic E-state index is 0.0800. The summed E-state index contributed by atoms with van der Waals surface area (Å²) in [6.45, 7) is 14.1. The van der Waals surface area contributed by atoms with Gasteiger partial charge in [0.1, 0.15) is 6.61 Å². The fraction of sp³-hybridized carbons (Fsp3) is 0.875. The Morgan fingerprint density at radius 2 is 1.38 bits per heavy atom. The maximum Gasteiger partial charge on any atom is 0.306 e. The van der Waals surface area contributed by atoms with Crippen molar-refractivity contribution in [3.05, 3.63) is 11.6 Å². The Morgan fingerprint density at radius 3 is 1.92 bits per heavy atom. The highest BCUT2D eigenvalue weighted by Crippen LogP contribution is 2.22. The zero-order chi connectivity index (χ0) is 19.8. The van der Waals surface area contributed by atoms with Crippen LogP contribution in [0.1, 0.15) is 112 Å². The number of hydrogen-bond donors (Lipinski definition) is 0. The predicted octanol–water partition coefficient (Wildman–Crippen LogP) is 7.72. The van der Waals surface area contributed by atoms with E-state index in [1.165, 1.54) is 56.9 Å². The lowest BCUT2D eigenvalue weighted by molar-refractivity contribution is -0.142. The number of ether oxygens (including phenoxy) is 1. The lowest BCUT2D eigenvalue weighted by atomic mass is 9.91. The summed E-state index contributed by atoms with van der Waals surface area (Å²) in [6.07, 6.45) is 15.5. The molecular weight excluding hydrogens is 320 g/mol. The summed E-state index contributed by atoms with van der Waals surface area (Å²) < 4.78 is 5.18. The highest BCUT2D eigenvalue weighted by atomic mass is 16.5. The second-order valence-corrected chi connectivity index (χ2v) is 8.84. The van der Waals surface area contributed by atoms with Gasteiger partial charge in [-0.1, -0.05) is 85.1 Å². The molecule has 2 nitrogen and oxygen atoms in total. The van der Waals surface area contributed by atoms with Gasteiger partial charge in [0.15, 0.2) is 0 Å². The van der Waals surface area contributed by atoms with Gasteiger partial charge in [0.05, 0.1) is 0 Å². The summed E-state index contributed by atoms with van der Waals surface area (Å²) in [4.78, 5) is 11.3. The first-order valence-electron chi connectivity index (χ1n) is 11.2. The van der Waals surface area contributed by atoms with E-state index in [2.05, 4.69) is 40.7 Å². The van der Waals surface area contributed by atoms with Crippen molar-refractivity contribution in [3.8, 4) is 0 Å². The van der Waals surface area contributed by atoms with E-state index in [0.717, 1.165) is 30.6 Å². The molecule has 0 aromatic carbocycles. The topological polar surface area (TPSA) is 26.3 Å². The molecule has 0 saturated heterocycles. The van der Waals surface area contributed by atoms with E-state index >= 15 is 0 Å². The molecule has 2 unspecified atom stereocenters. The Labute approximate surface area is 164 Å². The first-order valence-corrected chi connectivity index (χ1v) is 11.2. The van der Waals surface area contributed by atoms with E-state index in [4.69, 9.17) is 4.74 Å². The second kappa shape index (κ2) is 16.4. The molecule has 0 spiro atoms. The van der Waals surface area contributed by atoms with E-state index in [1.807, 2.05) is 6.92 Å². The number of carbonyl (C=O) groups excluding carboxylic acids is 1. The van der Waals surface area contributed by atoms with Crippen molar-refractivity contribution in [1.82, 2.24) is 0 Å². The van der Waals surface area contributed by atoms with Crippen LogP contribution in [-0.4, -0.2) is 12.6 Å². The summed E-state index contributed by atoms with van der Waals surface area (Å²) >= 11 is 0. The molecule has 0 aliphatic heterocycles. The zero-order valence-corrected chi connectivity index (χ0v) is 18.6. The van der Waals surface area contributed by atoms with Crippen LogP contribution >= 0.6 is 0 Å². The molecule has 154 valence electrons. The van der Waals surface area contributed by atoms with Gasteiger partial charge in [0.2, 0.25) is 0 Å². The number of rotatable bonds is 16. The van der Waals surface area contributed by atoms with Crippen molar-refractivity contribution in [2.75, 3.05) is 6.61 Å². The fourth-order valence-corrected chi connectivity index (χ4v) is 3.36. The molecule has 0 saturated carbocycles.